The summed E-state index contributed by atoms with van der Waals surface area (Å²) < 4.78 is 0. The summed E-state index contributed by atoms with van der Waals surface area (Å²) >= 11 is 0. The van der Waals surface area contributed by atoms with Gasteiger partial charge in [0.1, 0.15) is 0 Å². The van der Waals surface area contributed by atoms with Crippen molar-refractivity contribution in [1.29, 1.82) is 0 Å². The van der Waals surface area contributed by atoms with Crippen molar-refractivity contribution in [3.63, 3.8) is 0 Å². The Balaban J connectivity index is 1.70. The maximum Gasteiger partial charge on any atom is -0.00231 e. The lowest BCUT2D eigenvalue weighted by Crippen LogP contribution is -1.94. The monoisotopic (exact) mass is 300 g/mol. The van der Waals surface area contributed by atoms with Crippen LogP contribution >= 0.6 is 0 Å². The first-order valence-corrected chi connectivity index (χ1v) is 8.29. The van der Waals surface area contributed by atoms with Crippen LogP contribution in [0.1, 0.15) is 38.9 Å². The van der Waals surface area contributed by atoms with Gasteiger partial charge in [-0.2, -0.15) is 0 Å². The maximum atomic E-state index is 2.27. The first-order chi connectivity index (χ1) is 11.1. The standard InChI is InChI=1S/C23H24/c1-17-4-7-20(8-5-17)15-21-9-11-22(12-10-21)16-23-13-6-18(2)14-19(23)3/h4-14H,15-16H2,1-3H3. The molecule has 3 rings (SSSR count). The van der Waals surface area contributed by atoms with Crippen LogP contribution in [0, 0.1) is 20.8 Å². The van der Waals surface area contributed by atoms with E-state index in [0.29, 0.717) is 0 Å². The normalized spacial score (nSPS) is 10.7. The van der Waals surface area contributed by atoms with Crippen molar-refractivity contribution in [2.45, 2.75) is 33.6 Å². The average molecular weight is 300 g/mol. The lowest BCUT2D eigenvalue weighted by molar-refractivity contribution is 1.13. The third kappa shape index (κ3) is 4.10. The molecule has 0 bridgehead atoms. The van der Waals surface area contributed by atoms with E-state index in [1.54, 1.807) is 0 Å². The minimum absolute atomic E-state index is 1.00. The van der Waals surface area contributed by atoms with Crippen molar-refractivity contribution in [1.82, 2.24) is 0 Å². The number of rotatable bonds is 4. The summed E-state index contributed by atoms with van der Waals surface area (Å²) in [6.45, 7) is 6.48. The highest BCUT2D eigenvalue weighted by molar-refractivity contribution is 5.36. The Morgan fingerprint density at radius 3 is 1.57 bits per heavy atom. The molecule has 0 N–H and O–H groups in total. The minimum atomic E-state index is 1.00. The van der Waals surface area contributed by atoms with Gasteiger partial charge in [0.25, 0.3) is 0 Å². The topological polar surface area (TPSA) is 0 Å². The van der Waals surface area contributed by atoms with Gasteiger partial charge < -0.3 is 0 Å². The zero-order valence-electron chi connectivity index (χ0n) is 14.3. The van der Waals surface area contributed by atoms with Crippen molar-refractivity contribution in [2.24, 2.45) is 0 Å². The first-order valence-electron chi connectivity index (χ1n) is 8.29. The summed E-state index contributed by atoms with van der Waals surface area (Å²) in [6.07, 6.45) is 2.01. The van der Waals surface area contributed by atoms with Gasteiger partial charge in [-0.05, 0) is 61.4 Å². The van der Waals surface area contributed by atoms with Crippen LogP contribution in [0.3, 0.4) is 0 Å². The van der Waals surface area contributed by atoms with Gasteiger partial charge in [-0.25, -0.2) is 0 Å². The smallest absolute Gasteiger partial charge is 0.00231 e. The van der Waals surface area contributed by atoms with Gasteiger partial charge >= 0.3 is 0 Å². The Bertz CT molecular complexity index is 777. The lowest BCUT2D eigenvalue weighted by Gasteiger charge is -2.08. The van der Waals surface area contributed by atoms with E-state index < -0.39 is 0 Å². The highest BCUT2D eigenvalue weighted by atomic mass is 14.1. The van der Waals surface area contributed by atoms with Crippen LogP contribution in [0.5, 0.6) is 0 Å². The molecule has 0 atom stereocenters. The average Bonchev–Trinajstić information content (AvgIpc) is 2.54. The van der Waals surface area contributed by atoms with E-state index in [4.69, 9.17) is 0 Å². The fourth-order valence-corrected chi connectivity index (χ4v) is 2.98. The molecule has 0 unspecified atom stereocenters. The third-order valence-corrected chi connectivity index (χ3v) is 4.44. The van der Waals surface area contributed by atoms with Crippen molar-refractivity contribution < 1.29 is 0 Å². The Morgan fingerprint density at radius 1 is 0.522 bits per heavy atom. The molecule has 0 aliphatic carbocycles. The third-order valence-electron chi connectivity index (χ3n) is 4.44. The Morgan fingerprint density at radius 2 is 1.00 bits per heavy atom. The van der Waals surface area contributed by atoms with Crippen molar-refractivity contribution in [2.75, 3.05) is 0 Å². The zero-order chi connectivity index (χ0) is 16.2. The minimum Gasteiger partial charge on any atom is -0.0590 e. The van der Waals surface area contributed by atoms with Crippen LogP contribution in [-0.2, 0) is 12.8 Å². The van der Waals surface area contributed by atoms with Crippen LogP contribution in [0.15, 0.2) is 66.7 Å². The van der Waals surface area contributed by atoms with Gasteiger partial charge in [-0.1, -0.05) is 77.9 Å². The zero-order valence-corrected chi connectivity index (χ0v) is 14.3. The van der Waals surface area contributed by atoms with Gasteiger partial charge in [0.15, 0.2) is 0 Å². The fourth-order valence-electron chi connectivity index (χ4n) is 2.98. The van der Waals surface area contributed by atoms with E-state index in [9.17, 15) is 0 Å². The number of aryl methyl sites for hydroxylation is 3. The van der Waals surface area contributed by atoms with E-state index in [2.05, 4.69) is 87.5 Å². The molecule has 0 fully saturated rings. The lowest BCUT2D eigenvalue weighted by atomic mass is 9.97. The Hall–Kier alpha value is -2.34. The van der Waals surface area contributed by atoms with Crippen LogP contribution < -0.4 is 0 Å². The number of hydrogen-bond acceptors (Lipinski definition) is 0. The molecule has 0 aliphatic rings. The second-order valence-corrected chi connectivity index (χ2v) is 6.59. The quantitative estimate of drug-likeness (QED) is 0.572. The number of hydrogen-bond donors (Lipinski definition) is 0. The van der Waals surface area contributed by atoms with E-state index in [1.165, 1.54) is 38.9 Å². The van der Waals surface area contributed by atoms with Crippen LogP contribution in [-0.4, -0.2) is 0 Å². The van der Waals surface area contributed by atoms with Gasteiger partial charge in [-0.3, -0.25) is 0 Å². The van der Waals surface area contributed by atoms with Gasteiger partial charge in [0.2, 0.25) is 0 Å². The SMILES string of the molecule is Cc1ccc(Cc2ccc(Cc3ccc(C)cc3C)cc2)cc1. The first kappa shape index (κ1) is 15.6. The Labute approximate surface area is 139 Å². The van der Waals surface area contributed by atoms with Crippen molar-refractivity contribution in [3.8, 4) is 0 Å². The van der Waals surface area contributed by atoms with Crippen LogP contribution in [0.25, 0.3) is 0 Å². The van der Waals surface area contributed by atoms with Crippen LogP contribution in [0.2, 0.25) is 0 Å². The van der Waals surface area contributed by atoms with Gasteiger partial charge in [0.05, 0.1) is 0 Å². The summed E-state index contributed by atoms with van der Waals surface area (Å²) in [4.78, 5) is 0. The van der Waals surface area contributed by atoms with Crippen LogP contribution in [0.4, 0.5) is 0 Å². The summed E-state index contributed by atoms with van der Waals surface area (Å²) in [7, 11) is 0. The summed E-state index contributed by atoms with van der Waals surface area (Å²) in [5.41, 5.74) is 9.58. The van der Waals surface area contributed by atoms with E-state index >= 15 is 0 Å². The highest BCUT2D eigenvalue weighted by Gasteiger charge is 2.02. The van der Waals surface area contributed by atoms with Crippen molar-refractivity contribution in [3.05, 3.63) is 106 Å². The predicted octanol–water partition coefficient (Wildman–Crippen LogP) is 5.79. The second kappa shape index (κ2) is 6.83. The van der Waals surface area contributed by atoms with E-state index in [1.807, 2.05) is 0 Å². The second-order valence-electron chi connectivity index (χ2n) is 6.59. The van der Waals surface area contributed by atoms with Gasteiger partial charge in [0, 0.05) is 0 Å². The molecular formula is C23H24. The maximum absolute atomic E-state index is 2.27. The molecule has 3 aromatic carbocycles. The highest BCUT2D eigenvalue weighted by Crippen LogP contribution is 2.17. The molecule has 0 saturated heterocycles. The molecule has 0 spiro atoms. The summed E-state index contributed by atoms with van der Waals surface area (Å²) in [6, 6.07) is 24.6. The van der Waals surface area contributed by atoms with E-state index in [-0.39, 0.29) is 0 Å². The molecule has 3 aromatic rings. The summed E-state index contributed by atoms with van der Waals surface area (Å²) in [5.74, 6) is 0. The van der Waals surface area contributed by atoms with E-state index in [0.717, 1.165) is 12.8 Å². The molecule has 0 heteroatoms. The molecule has 23 heavy (non-hydrogen) atoms. The molecule has 0 nitrogen and oxygen atoms in total. The summed E-state index contributed by atoms with van der Waals surface area (Å²) in [5, 5.41) is 0. The fraction of sp³-hybridized carbons (Fsp3) is 0.217. The Kier molecular flexibility index (Phi) is 4.62. The molecule has 0 radical (unpaired) electrons. The van der Waals surface area contributed by atoms with Gasteiger partial charge in [-0.15, -0.1) is 0 Å². The molecule has 116 valence electrons. The molecule has 0 aliphatic heterocycles. The molecule has 0 amide bonds. The van der Waals surface area contributed by atoms with Crippen molar-refractivity contribution >= 4 is 0 Å². The largest absolute Gasteiger partial charge is 0.0590 e. The molecule has 0 heterocycles. The number of benzene rings is 3. The molecule has 0 aromatic heterocycles. The molecular weight excluding hydrogens is 276 g/mol. The predicted molar refractivity (Wildman–Crippen MR) is 99.1 cm³/mol. The molecule has 0 saturated carbocycles.